The number of nitrogens with zero attached hydrogens (tertiary/aromatic N) is 2. The quantitative estimate of drug-likeness (QED) is 0.0716. The topological polar surface area (TPSA) is 287 Å². The summed E-state index contributed by atoms with van der Waals surface area (Å²) in [5.41, 5.74) is 6.99. The summed E-state index contributed by atoms with van der Waals surface area (Å²) in [7, 11) is 0. The number of amides is 7. The van der Waals surface area contributed by atoms with Crippen LogP contribution in [0.5, 0.6) is 5.75 Å². The minimum atomic E-state index is -1.33. The molecule has 0 radical (unpaired) electrons. The van der Waals surface area contributed by atoms with Crippen molar-refractivity contribution in [3.05, 3.63) is 65.7 Å². The Bertz CT molecular complexity index is 2030. The van der Waals surface area contributed by atoms with Gasteiger partial charge in [0.2, 0.25) is 41.4 Å². The highest BCUT2D eigenvalue weighted by Crippen LogP contribution is 2.23. The van der Waals surface area contributed by atoms with E-state index in [2.05, 4.69) is 26.6 Å². The Morgan fingerprint density at radius 2 is 1.20 bits per heavy atom. The van der Waals surface area contributed by atoms with E-state index in [0.29, 0.717) is 36.7 Å². The lowest BCUT2D eigenvalue weighted by atomic mass is 9.99. The number of nitrogens with one attached hydrogen (secondary N) is 5. The first-order valence-electron chi connectivity index (χ1n) is 22.7. The molecule has 4 rings (SSSR count). The number of carboxylic acid groups (broad SMARTS) is 1. The Morgan fingerprint density at radius 1 is 0.682 bits per heavy atom. The van der Waals surface area contributed by atoms with Gasteiger partial charge in [0, 0.05) is 32.4 Å². The van der Waals surface area contributed by atoms with Gasteiger partial charge in [0.05, 0.1) is 12.1 Å². The van der Waals surface area contributed by atoms with Gasteiger partial charge < -0.3 is 57.1 Å². The summed E-state index contributed by atoms with van der Waals surface area (Å²) >= 11 is 0. The molecule has 0 unspecified atom stereocenters. The van der Waals surface area contributed by atoms with Crippen molar-refractivity contribution in [2.75, 3.05) is 13.1 Å². The van der Waals surface area contributed by atoms with E-state index in [1.165, 1.54) is 28.9 Å². The highest BCUT2D eigenvalue weighted by Gasteiger charge is 2.42. The van der Waals surface area contributed by atoms with Gasteiger partial charge in [-0.15, -0.1) is 0 Å². The van der Waals surface area contributed by atoms with Crippen molar-refractivity contribution in [2.24, 2.45) is 17.6 Å². The second-order valence-corrected chi connectivity index (χ2v) is 18.0. The number of aromatic hydroxyl groups is 1. The first kappa shape index (κ1) is 52.3. The Morgan fingerprint density at radius 3 is 1.71 bits per heavy atom. The van der Waals surface area contributed by atoms with Crippen molar-refractivity contribution < 1.29 is 53.4 Å². The van der Waals surface area contributed by atoms with Crippen molar-refractivity contribution in [3.63, 3.8) is 0 Å². The molecule has 0 bridgehead atoms. The van der Waals surface area contributed by atoms with Crippen molar-refractivity contribution in [1.82, 2.24) is 36.4 Å². The predicted molar refractivity (Wildman–Crippen MR) is 242 cm³/mol. The predicted octanol–water partition coefficient (Wildman–Crippen LogP) is 0.696. The van der Waals surface area contributed by atoms with Crippen molar-refractivity contribution >= 4 is 53.6 Å². The summed E-state index contributed by atoms with van der Waals surface area (Å²) in [6, 6.07) is 6.29. The lowest BCUT2D eigenvalue weighted by Gasteiger charge is -2.32. The first-order chi connectivity index (χ1) is 31.3. The van der Waals surface area contributed by atoms with Gasteiger partial charge in [0.25, 0.3) is 0 Å². The van der Waals surface area contributed by atoms with Crippen molar-refractivity contribution in [2.45, 2.75) is 141 Å². The summed E-state index contributed by atoms with van der Waals surface area (Å²) < 4.78 is 0. The van der Waals surface area contributed by atoms with Crippen LogP contribution >= 0.6 is 0 Å². The molecule has 19 nitrogen and oxygen atoms in total. The number of benzene rings is 2. The second-order valence-electron chi connectivity index (χ2n) is 18.0. The number of carboxylic acids is 1. The molecule has 2 saturated heterocycles. The summed E-state index contributed by atoms with van der Waals surface area (Å²) in [6.45, 7) is 9.15. The van der Waals surface area contributed by atoms with Crippen LogP contribution < -0.4 is 32.3 Å². The van der Waals surface area contributed by atoms with Gasteiger partial charge in [-0.2, -0.15) is 0 Å². The number of nitrogens with two attached hydrogens (primary N) is 1. The zero-order chi connectivity index (χ0) is 48.7. The fraction of sp³-hybridized carbons (Fsp3) is 0.553. The zero-order valence-corrected chi connectivity index (χ0v) is 38.4. The highest BCUT2D eigenvalue weighted by atomic mass is 16.4. The third-order valence-electron chi connectivity index (χ3n) is 11.7. The Labute approximate surface area is 385 Å². The number of aldehydes is 1. The van der Waals surface area contributed by atoms with E-state index in [1.54, 1.807) is 56.3 Å². The SMILES string of the molecule is CC(C)C[C@H](NC(=O)[C@H](Cc1ccc(O)cc1)NC(=O)[C@H](Cc1ccccc1)NC(=O)[C@@H]1CCCN1C(=O)[C@@H](NC(=O)[C@H](C)N)C(C)C)C(=O)N1CCC[C@H]1C(=O)N[C@H](C=O)CCC(=O)O. The molecule has 19 heteroatoms. The number of rotatable bonds is 23. The van der Waals surface area contributed by atoms with E-state index < -0.39 is 95.7 Å². The van der Waals surface area contributed by atoms with Gasteiger partial charge in [-0.05, 0) is 80.5 Å². The number of phenols is 1. The van der Waals surface area contributed by atoms with Crippen LogP contribution in [0.4, 0.5) is 0 Å². The van der Waals surface area contributed by atoms with Gasteiger partial charge in [-0.25, -0.2) is 0 Å². The smallest absolute Gasteiger partial charge is 0.303 e. The normalized spacial score (nSPS) is 18.6. The van der Waals surface area contributed by atoms with Crippen LogP contribution in [0.25, 0.3) is 0 Å². The number of phenolic OH excluding ortho intramolecular Hbond substituents is 1. The van der Waals surface area contributed by atoms with E-state index in [1.807, 2.05) is 13.8 Å². The molecular formula is C47H66N8O11. The molecule has 66 heavy (non-hydrogen) atoms. The van der Waals surface area contributed by atoms with Gasteiger partial charge in [-0.1, -0.05) is 70.2 Å². The summed E-state index contributed by atoms with van der Waals surface area (Å²) in [4.78, 5) is 123. The second kappa shape index (κ2) is 24.8. The molecule has 7 amide bonds. The van der Waals surface area contributed by atoms with E-state index in [-0.39, 0.29) is 69.2 Å². The lowest BCUT2D eigenvalue weighted by Crippen LogP contribution is -2.60. The number of aliphatic carboxylic acids is 1. The number of hydrogen-bond acceptors (Lipinski definition) is 11. The third kappa shape index (κ3) is 15.1. The molecular weight excluding hydrogens is 853 g/mol. The monoisotopic (exact) mass is 918 g/mol. The molecule has 360 valence electrons. The van der Waals surface area contributed by atoms with Gasteiger partial charge in [0.15, 0.2) is 0 Å². The average Bonchev–Trinajstić information content (AvgIpc) is 3.98. The minimum absolute atomic E-state index is 0.000164. The maximum atomic E-state index is 14.5. The Hall–Kier alpha value is -6.37. The lowest BCUT2D eigenvalue weighted by molar-refractivity contribution is -0.143. The van der Waals surface area contributed by atoms with Gasteiger partial charge >= 0.3 is 5.97 Å². The fourth-order valence-electron chi connectivity index (χ4n) is 8.16. The molecule has 0 saturated carbocycles. The summed E-state index contributed by atoms with van der Waals surface area (Å²) in [6.07, 6.45) is 1.53. The van der Waals surface area contributed by atoms with E-state index in [4.69, 9.17) is 10.8 Å². The third-order valence-corrected chi connectivity index (χ3v) is 11.7. The van der Waals surface area contributed by atoms with E-state index >= 15 is 0 Å². The minimum Gasteiger partial charge on any atom is -0.508 e. The average molecular weight is 919 g/mol. The van der Waals surface area contributed by atoms with Crippen LogP contribution in [-0.4, -0.2) is 135 Å². The molecule has 9 N–H and O–H groups in total. The number of likely N-dealkylation sites (tertiary alicyclic amines) is 2. The molecule has 2 aliphatic heterocycles. The Balaban J connectivity index is 1.60. The molecule has 0 spiro atoms. The zero-order valence-electron chi connectivity index (χ0n) is 38.4. The largest absolute Gasteiger partial charge is 0.508 e. The van der Waals surface area contributed by atoms with E-state index in [9.17, 15) is 48.3 Å². The molecule has 0 aromatic heterocycles. The number of hydrogen-bond donors (Lipinski definition) is 8. The van der Waals surface area contributed by atoms with Gasteiger partial charge in [0.1, 0.15) is 48.3 Å². The molecule has 0 aliphatic carbocycles. The van der Waals surface area contributed by atoms with Crippen molar-refractivity contribution in [1.29, 1.82) is 0 Å². The summed E-state index contributed by atoms with van der Waals surface area (Å²) in [5, 5.41) is 32.8. The highest BCUT2D eigenvalue weighted by molar-refractivity contribution is 5.98. The van der Waals surface area contributed by atoms with Crippen LogP contribution in [-0.2, 0) is 56.0 Å². The van der Waals surface area contributed by atoms with Crippen LogP contribution in [0, 0.1) is 11.8 Å². The number of carbonyl (C=O) groups is 9. The van der Waals surface area contributed by atoms with Crippen molar-refractivity contribution in [3.8, 4) is 5.75 Å². The maximum absolute atomic E-state index is 14.5. The van der Waals surface area contributed by atoms with Crippen LogP contribution in [0.3, 0.4) is 0 Å². The molecule has 2 fully saturated rings. The molecule has 2 aliphatic rings. The van der Waals surface area contributed by atoms with Gasteiger partial charge in [-0.3, -0.25) is 38.4 Å². The molecule has 2 aromatic rings. The maximum Gasteiger partial charge on any atom is 0.303 e. The Kier molecular flexibility index (Phi) is 19.6. The van der Waals surface area contributed by atoms with E-state index in [0.717, 1.165) is 0 Å². The fourth-order valence-corrected chi connectivity index (χ4v) is 8.16. The molecule has 2 aromatic carbocycles. The standard InChI is InChI=1S/C47H66N8O11/c1-27(2)23-36(46(65)54-21-9-13-37(54)44(63)49-32(26-56)17-20-39(58)59)52-43(62)34(25-31-15-18-33(57)19-16-31)50-42(61)35(24-30-11-7-6-8-12-30)51-45(64)38-14-10-22-55(38)47(66)40(28(3)4)53-41(60)29(5)48/h6-8,11-12,15-16,18-19,26-29,32,34-38,40,57H,9-10,13-14,17,20-25,48H2,1-5H3,(H,49,63)(H,50,61)(H,51,64)(H,52,62)(H,53,60)(H,58,59)/t29-,32-,34-,35-,36-,37-,38-,40-/m0/s1. The molecule has 8 atom stereocenters. The summed E-state index contributed by atoms with van der Waals surface area (Å²) in [5.74, 6) is -5.86. The van der Waals surface area contributed by atoms with Crippen LogP contribution in [0.2, 0.25) is 0 Å². The first-order valence-corrected chi connectivity index (χ1v) is 22.7. The van der Waals surface area contributed by atoms with Crippen LogP contribution in [0.1, 0.15) is 90.7 Å². The van der Waals surface area contributed by atoms with Crippen LogP contribution in [0.15, 0.2) is 54.6 Å². The number of carbonyl (C=O) groups excluding carboxylic acids is 8. The molecule has 2 heterocycles.